The van der Waals surface area contributed by atoms with Crippen LogP contribution in [0.1, 0.15) is 38.5 Å². The van der Waals surface area contributed by atoms with Crippen LogP contribution >= 0.6 is 0 Å². The van der Waals surface area contributed by atoms with E-state index in [0.717, 1.165) is 57.0 Å². The van der Waals surface area contributed by atoms with Crippen molar-refractivity contribution >= 4 is 5.71 Å². The van der Waals surface area contributed by atoms with Crippen molar-refractivity contribution < 1.29 is 9.94 Å². The molecule has 0 aromatic carbocycles. The van der Waals surface area contributed by atoms with Crippen molar-refractivity contribution in [2.24, 2.45) is 5.16 Å². The van der Waals surface area contributed by atoms with Crippen LogP contribution in [0.15, 0.2) is 16.9 Å². The van der Waals surface area contributed by atoms with Crippen LogP contribution in [0.3, 0.4) is 0 Å². The Bertz CT molecular complexity index is 294. The second kappa shape index (κ2) is 6.64. The number of hydrogen-bond donors (Lipinski definition) is 1. The number of oxime groups is 1. The molecule has 0 radical (unpaired) electrons. The van der Waals surface area contributed by atoms with Crippen LogP contribution in [0.25, 0.3) is 0 Å². The maximum Gasteiger partial charge on any atom is 0.102 e. The topological polar surface area (TPSA) is 45.1 Å². The average molecular weight is 238 g/mol. The van der Waals surface area contributed by atoms with Crippen LogP contribution in [-0.2, 0) is 4.74 Å². The Morgan fingerprint density at radius 1 is 1.12 bits per heavy atom. The minimum atomic E-state index is 0.774. The van der Waals surface area contributed by atoms with E-state index in [1.165, 1.54) is 19.3 Å². The van der Waals surface area contributed by atoms with Crippen molar-refractivity contribution in [1.29, 1.82) is 0 Å². The van der Waals surface area contributed by atoms with Crippen molar-refractivity contribution in [3.05, 3.63) is 11.8 Å². The monoisotopic (exact) mass is 238 g/mol. The van der Waals surface area contributed by atoms with Gasteiger partial charge in [-0.1, -0.05) is 24.1 Å². The molecule has 2 rings (SSSR count). The second-order valence-corrected chi connectivity index (χ2v) is 4.69. The standard InChI is InChI=1S/C13H22N2O2/c16-14-12-6-4-2-1-3-5-7-13(12)15-8-10-17-11-9-15/h7,16H,1-6,8-11H2/b13-7+,14-12+. The zero-order valence-electron chi connectivity index (χ0n) is 10.4. The molecule has 1 aliphatic heterocycles. The molecule has 0 bridgehead atoms. The summed E-state index contributed by atoms with van der Waals surface area (Å²) < 4.78 is 5.37. The van der Waals surface area contributed by atoms with Crippen LogP contribution < -0.4 is 0 Å². The Kier molecular flexibility index (Phi) is 4.86. The molecule has 0 spiro atoms. The van der Waals surface area contributed by atoms with Gasteiger partial charge in [0.15, 0.2) is 0 Å². The van der Waals surface area contributed by atoms with Gasteiger partial charge in [-0.15, -0.1) is 0 Å². The molecule has 2 aliphatic rings. The number of nitrogens with zero attached hydrogens (tertiary/aromatic N) is 2. The average Bonchev–Trinajstić information content (AvgIpc) is 2.51. The number of ether oxygens (including phenoxy) is 1. The molecule has 0 aromatic rings. The van der Waals surface area contributed by atoms with Crippen LogP contribution in [-0.4, -0.2) is 42.1 Å². The molecule has 4 heteroatoms. The number of rotatable bonds is 1. The van der Waals surface area contributed by atoms with Crippen molar-refractivity contribution in [2.75, 3.05) is 26.3 Å². The highest BCUT2D eigenvalue weighted by molar-refractivity contribution is 5.99. The van der Waals surface area contributed by atoms with Gasteiger partial charge in [-0.3, -0.25) is 0 Å². The molecule has 1 N–H and O–H groups in total. The molecule has 1 saturated heterocycles. The van der Waals surface area contributed by atoms with Crippen molar-refractivity contribution in [2.45, 2.75) is 38.5 Å². The summed E-state index contributed by atoms with van der Waals surface area (Å²) in [4.78, 5) is 2.30. The van der Waals surface area contributed by atoms with Gasteiger partial charge in [0.25, 0.3) is 0 Å². The molecule has 1 fully saturated rings. The first-order valence-corrected chi connectivity index (χ1v) is 6.66. The molecule has 0 unspecified atom stereocenters. The van der Waals surface area contributed by atoms with E-state index in [0.29, 0.717) is 0 Å². The molecule has 0 aromatic heterocycles. The van der Waals surface area contributed by atoms with Gasteiger partial charge in [-0.2, -0.15) is 0 Å². The molecular formula is C13H22N2O2. The van der Waals surface area contributed by atoms with E-state index in [4.69, 9.17) is 4.74 Å². The van der Waals surface area contributed by atoms with E-state index in [1.54, 1.807) is 0 Å². The Morgan fingerprint density at radius 2 is 1.88 bits per heavy atom. The first kappa shape index (κ1) is 12.4. The summed E-state index contributed by atoms with van der Waals surface area (Å²) in [6, 6.07) is 0. The lowest BCUT2D eigenvalue weighted by Gasteiger charge is -2.31. The number of hydrogen-bond acceptors (Lipinski definition) is 4. The fourth-order valence-corrected chi connectivity index (χ4v) is 2.49. The third-order valence-corrected chi connectivity index (χ3v) is 3.47. The number of allylic oxidation sites excluding steroid dienone is 2. The molecule has 17 heavy (non-hydrogen) atoms. The smallest absolute Gasteiger partial charge is 0.102 e. The van der Waals surface area contributed by atoms with Crippen LogP contribution in [0, 0.1) is 0 Å². The summed E-state index contributed by atoms with van der Waals surface area (Å²) in [6.07, 6.45) is 9.11. The fourth-order valence-electron chi connectivity index (χ4n) is 2.49. The third-order valence-electron chi connectivity index (χ3n) is 3.47. The van der Waals surface area contributed by atoms with Crippen molar-refractivity contribution in [3.63, 3.8) is 0 Å². The quantitative estimate of drug-likeness (QED) is 0.563. The van der Waals surface area contributed by atoms with Gasteiger partial charge in [0, 0.05) is 13.1 Å². The van der Waals surface area contributed by atoms with E-state index in [1.807, 2.05) is 0 Å². The van der Waals surface area contributed by atoms with Gasteiger partial charge in [-0.05, 0) is 25.7 Å². The molecular weight excluding hydrogens is 216 g/mol. The van der Waals surface area contributed by atoms with Gasteiger partial charge >= 0.3 is 0 Å². The lowest BCUT2D eigenvalue weighted by molar-refractivity contribution is 0.0560. The Labute approximate surface area is 103 Å². The van der Waals surface area contributed by atoms with Gasteiger partial charge in [0.1, 0.15) is 5.71 Å². The Hall–Kier alpha value is -1.03. The molecule has 0 amide bonds. The maximum atomic E-state index is 9.19. The summed E-state index contributed by atoms with van der Waals surface area (Å²) in [6.45, 7) is 3.36. The fraction of sp³-hybridized carbons (Fsp3) is 0.769. The first-order chi connectivity index (χ1) is 8.42. The van der Waals surface area contributed by atoms with E-state index < -0.39 is 0 Å². The largest absolute Gasteiger partial charge is 0.411 e. The normalized spacial score (nSPS) is 29.1. The van der Waals surface area contributed by atoms with Gasteiger partial charge in [0.2, 0.25) is 0 Å². The van der Waals surface area contributed by atoms with Crippen LogP contribution in [0.5, 0.6) is 0 Å². The minimum Gasteiger partial charge on any atom is -0.411 e. The zero-order chi connectivity index (χ0) is 11.9. The van der Waals surface area contributed by atoms with Crippen molar-refractivity contribution in [1.82, 2.24) is 4.90 Å². The van der Waals surface area contributed by atoms with E-state index in [9.17, 15) is 5.21 Å². The molecule has 0 atom stereocenters. The molecule has 96 valence electrons. The zero-order valence-corrected chi connectivity index (χ0v) is 10.4. The summed E-state index contributed by atoms with van der Waals surface area (Å²) in [5.74, 6) is 0. The second-order valence-electron chi connectivity index (χ2n) is 4.69. The molecule has 1 heterocycles. The lowest BCUT2D eigenvalue weighted by Crippen LogP contribution is -2.38. The summed E-state index contributed by atoms with van der Waals surface area (Å²) in [5.41, 5.74) is 1.99. The van der Waals surface area contributed by atoms with Crippen LogP contribution in [0.2, 0.25) is 0 Å². The molecule has 0 saturated carbocycles. The predicted molar refractivity (Wildman–Crippen MR) is 67.4 cm³/mol. The van der Waals surface area contributed by atoms with Crippen molar-refractivity contribution in [3.8, 4) is 0 Å². The van der Waals surface area contributed by atoms with Crippen LogP contribution in [0.4, 0.5) is 0 Å². The highest BCUT2D eigenvalue weighted by Crippen LogP contribution is 2.19. The summed E-state index contributed by atoms with van der Waals surface area (Å²) in [7, 11) is 0. The van der Waals surface area contributed by atoms with E-state index >= 15 is 0 Å². The van der Waals surface area contributed by atoms with Gasteiger partial charge < -0.3 is 14.8 Å². The van der Waals surface area contributed by atoms with Gasteiger partial charge in [-0.25, -0.2) is 0 Å². The van der Waals surface area contributed by atoms with Gasteiger partial charge in [0.05, 0.1) is 18.9 Å². The van der Waals surface area contributed by atoms with E-state index in [-0.39, 0.29) is 0 Å². The highest BCUT2D eigenvalue weighted by Gasteiger charge is 2.19. The molecule has 1 aliphatic carbocycles. The molecule has 4 nitrogen and oxygen atoms in total. The third kappa shape index (κ3) is 3.46. The Balaban J connectivity index is 2.11. The highest BCUT2D eigenvalue weighted by atomic mass is 16.5. The number of morpholine rings is 1. The lowest BCUT2D eigenvalue weighted by atomic mass is 10.1. The minimum absolute atomic E-state index is 0.774. The summed E-state index contributed by atoms with van der Waals surface area (Å²) in [5, 5.41) is 12.7. The maximum absolute atomic E-state index is 9.19. The van der Waals surface area contributed by atoms with E-state index in [2.05, 4.69) is 16.1 Å². The summed E-state index contributed by atoms with van der Waals surface area (Å²) >= 11 is 0. The first-order valence-electron chi connectivity index (χ1n) is 6.66. The SMILES string of the molecule is O/N=C1CCCCCC/C=C\1N1CCOCC1. The predicted octanol–water partition coefficient (Wildman–Crippen LogP) is 2.39. The Morgan fingerprint density at radius 3 is 2.65 bits per heavy atom.